The Morgan fingerprint density at radius 3 is 2.35 bits per heavy atom. The van der Waals surface area contributed by atoms with Crippen molar-refractivity contribution in [2.75, 3.05) is 6.54 Å². The molecule has 0 aliphatic carbocycles. The number of benzene rings is 1. The number of nitro groups is 1. The molecule has 1 aromatic rings. The molecule has 1 amide bonds. The maximum Gasteiger partial charge on any atom is 0.405 e. The molecule has 0 saturated carbocycles. The number of carboxylic acid groups (broad SMARTS) is 1. The third kappa shape index (κ3) is 6.20. The largest absolute Gasteiger partial charge is 0.465 e. The lowest BCUT2D eigenvalue weighted by Gasteiger charge is -2.24. The van der Waals surface area contributed by atoms with Crippen molar-refractivity contribution in [1.29, 1.82) is 0 Å². The van der Waals surface area contributed by atoms with Crippen LogP contribution in [0.5, 0.6) is 0 Å². The first-order valence-corrected chi connectivity index (χ1v) is 8.27. The van der Waals surface area contributed by atoms with Crippen LogP contribution in [0.3, 0.4) is 0 Å². The summed E-state index contributed by atoms with van der Waals surface area (Å²) in [5.74, 6) is 0. The quantitative estimate of drug-likeness (QED) is 0.372. The summed E-state index contributed by atoms with van der Waals surface area (Å²) in [5, 5.41) is 21.6. The van der Waals surface area contributed by atoms with E-state index in [1.165, 1.54) is 0 Å². The van der Waals surface area contributed by atoms with Gasteiger partial charge in [0.25, 0.3) is 5.69 Å². The average molecular weight is 345 g/mol. The molecule has 9 nitrogen and oxygen atoms in total. The number of non-ortho nitro benzene ring substituents is 1. The maximum atomic E-state index is 12.0. The Morgan fingerprint density at radius 2 is 1.87 bits per heavy atom. The van der Waals surface area contributed by atoms with Gasteiger partial charge in [-0.15, -0.1) is 0 Å². The van der Waals surface area contributed by atoms with Gasteiger partial charge in [0.2, 0.25) is 10.0 Å². The van der Waals surface area contributed by atoms with Gasteiger partial charge in [-0.25, -0.2) is 17.9 Å². The van der Waals surface area contributed by atoms with Crippen LogP contribution in [0.25, 0.3) is 0 Å². The zero-order valence-corrected chi connectivity index (χ0v) is 13.6. The summed E-state index contributed by atoms with van der Waals surface area (Å²) in [6, 6.07) is 4.57. The SMILES string of the molecule is CC(C)(CCCNS(=O)(=O)c1ccc([N+](=O)[O-])cc1)NC(=O)O. The van der Waals surface area contributed by atoms with Gasteiger partial charge in [-0.3, -0.25) is 10.1 Å². The summed E-state index contributed by atoms with van der Waals surface area (Å²) in [7, 11) is -3.75. The number of hydrogen-bond acceptors (Lipinski definition) is 5. The predicted molar refractivity (Wildman–Crippen MR) is 82.8 cm³/mol. The van der Waals surface area contributed by atoms with Crippen LogP contribution in [0.2, 0.25) is 0 Å². The monoisotopic (exact) mass is 345 g/mol. The zero-order chi connectivity index (χ0) is 17.7. The summed E-state index contributed by atoms with van der Waals surface area (Å²) >= 11 is 0. The fourth-order valence-electron chi connectivity index (χ4n) is 1.92. The summed E-state index contributed by atoms with van der Waals surface area (Å²) in [6.45, 7) is 3.53. The third-order valence-electron chi connectivity index (χ3n) is 3.07. The smallest absolute Gasteiger partial charge is 0.405 e. The van der Waals surface area contributed by atoms with E-state index in [1.54, 1.807) is 13.8 Å². The van der Waals surface area contributed by atoms with E-state index in [-0.39, 0.29) is 17.1 Å². The highest BCUT2D eigenvalue weighted by atomic mass is 32.2. The number of nitrogens with one attached hydrogen (secondary N) is 2. The van der Waals surface area contributed by atoms with Gasteiger partial charge in [-0.05, 0) is 38.8 Å². The lowest BCUT2D eigenvalue weighted by atomic mass is 9.99. The second kappa shape index (κ2) is 7.38. The zero-order valence-electron chi connectivity index (χ0n) is 12.8. The Labute approximate surface area is 133 Å². The lowest BCUT2D eigenvalue weighted by molar-refractivity contribution is -0.384. The maximum absolute atomic E-state index is 12.0. The molecule has 1 rings (SSSR count). The van der Waals surface area contributed by atoms with Gasteiger partial charge in [0.1, 0.15) is 0 Å². The molecule has 0 radical (unpaired) electrons. The number of rotatable bonds is 8. The number of nitro benzene ring substituents is 1. The predicted octanol–water partition coefficient (Wildman–Crippen LogP) is 1.70. The second-order valence-electron chi connectivity index (χ2n) is 5.57. The van der Waals surface area contributed by atoms with E-state index in [0.29, 0.717) is 12.8 Å². The molecule has 0 saturated heterocycles. The molecule has 0 aromatic heterocycles. The van der Waals surface area contributed by atoms with Crippen molar-refractivity contribution in [3.05, 3.63) is 34.4 Å². The van der Waals surface area contributed by atoms with Gasteiger partial charge < -0.3 is 10.4 Å². The van der Waals surface area contributed by atoms with Gasteiger partial charge in [0.05, 0.1) is 9.82 Å². The minimum atomic E-state index is -3.75. The molecule has 0 atom stereocenters. The van der Waals surface area contributed by atoms with E-state index >= 15 is 0 Å². The van der Waals surface area contributed by atoms with Gasteiger partial charge in [0.15, 0.2) is 0 Å². The standard InChI is InChI=1S/C13H19N3O6S/c1-13(2,15-12(17)18)8-3-9-14-23(21,22)11-6-4-10(5-7-11)16(19)20/h4-7,14-15H,3,8-9H2,1-2H3,(H,17,18). The summed E-state index contributed by atoms with van der Waals surface area (Å²) < 4.78 is 26.4. The average Bonchev–Trinajstić information content (AvgIpc) is 2.42. The molecular formula is C13H19N3O6S. The molecule has 0 spiro atoms. The Hall–Kier alpha value is -2.20. The van der Waals surface area contributed by atoms with Crippen LogP contribution < -0.4 is 10.0 Å². The van der Waals surface area contributed by atoms with Crippen molar-refractivity contribution < 1.29 is 23.2 Å². The number of amides is 1. The minimum absolute atomic E-state index is 0.0639. The molecule has 0 aliphatic heterocycles. The first kappa shape index (κ1) is 18.8. The highest BCUT2D eigenvalue weighted by Gasteiger charge is 2.20. The number of carbonyl (C=O) groups is 1. The molecule has 0 aliphatic rings. The Morgan fingerprint density at radius 1 is 1.30 bits per heavy atom. The van der Waals surface area contributed by atoms with Crippen LogP contribution in [0.15, 0.2) is 29.2 Å². The molecule has 128 valence electrons. The lowest BCUT2D eigenvalue weighted by Crippen LogP contribution is -2.43. The molecule has 0 heterocycles. The fourth-order valence-corrected chi connectivity index (χ4v) is 2.99. The van der Waals surface area contributed by atoms with Crippen LogP contribution in [-0.4, -0.2) is 36.6 Å². The van der Waals surface area contributed by atoms with Gasteiger partial charge >= 0.3 is 6.09 Å². The second-order valence-corrected chi connectivity index (χ2v) is 7.33. The summed E-state index contributed by atoms with van der Waals surface area (Å²) in [6.07, 6.45) is -0.261. The van der Waals surface area contributed by atoms with Crippen molar-refractivity contribution in [3.8, 4) is 0 Å². The van der Waals surface area contributed by atoms with Crippen molar-refractivity contribution in [1.82, 2.24) is 10.0 Å². The van der Waals surface area contributed by atoms with Gasteiger partial charge in [0, 0.05) is 24.2 Å². The number of nitrogens with zero attached hydrogens (tertiary/aromatic N) is 1. The Balaban J connectivity index is 2.56. The summed E-state index contributed by atoms with van der Waals surface area (Å²) in [5.41, 5.74) is -0.851. The molecular weight excluding hydrogens is 326 g/mol. The van der Waals surface area contributed by atoms with E-state index < -0.39 is 26.6 Å². The molecule has 3 N–H and O–H groups in total. The van der Waals surface area contributed by atoms with E-state index in [9.17, 15) is 23.3 Å². The Bertz CT molecular complexity index is 669. The highest BCUT2D eigenvalue weighted by molar-refractivity contribution is 7.89. The molecule has 10 heteroatoms. The van der Waals surface area contributed by atoms with Gasteiger partial charge in [-0.1, -0.05) is 0 Å². The first-order chi connectivity index (χ1) is 10.5. The minimum Gasteiger partial charge on any atom is -0.465 e. The third-order valence-corrected chi connectivity index (χ3v) is 4.55. The topological polar surface area (TPSA) is 139 Å². The van der Waals surface area contributed by atoms with Crippen molar-refractivity contribution in [2.45, 2.75) is 37.1 Å². The molecule has 23 heavy (non-hydrogen) atoms. The Kier molecular flexibility index (Phi) is 6.05. The van der Waals surface area contributed by atoms with Crippen molar-refractivity contribution >= 4 is 21.8 Å². The highest BCUT2D eigenvalue weighted by Crippen LogP contribution is 2.16. The van der Waals surface area contributed by atoms with E-state index in [1.807, 2.05) is 0 Å². The van der Waals surface area contributed by atoms with Crippen LogP contribution in [0.4, 0.5) is 10.5 Å². The van der Waals surface area contributed by atoms with Crippen LogP contribution >= 0.6 is 0 Å². The molecule has 0 bridgehead atoms. The number of hydrogen-bond donors (Lipinski definition) is 3. The van der Waals surface area contributed by atoms with E-state index in [4.69, 9.17) is 5.11 Å². The van der Waals surface area contributed by atoms with E-state index in [2.05, 4.69) is 10.0 Å². The van der Waals surface area contributed by atoms with E-state index in [0.717, 1.165) is 24.3 Å². The van der Waals surface area contributed by atoms with Gasteiger partial charge in [-0.2, -0.15) is 0 Å². The van der Waals surface area contributed by atoms with Crippen LogP contribution in [-0.2, 0) is 10.0 Å². The first-order valence-electron chi connectivity index (χ1n) is 6.79. The molecule has 0 fully saturated rings. The van der Waals surface area contributed by atoms with Crippen LogP contribution in [0, 0.1) is 10.1 Å². The van der Waals surface area contributed by atoms with Crippen LogP contribution in [0.1, 0.15) is 26.7 Å². The normalized spacial score (nSPS) is 11.9. The fraction of sp³-hybridized carbons (Fsp3) is 0.462. The van der Waals surface area contributed by atoms with Crippen molar-refractivity contribution in [3.63, 3.8) is 0 Å². The molecule has 1 aromatic carbocycles. The number of sulfonamides is 1. The van der Waals surface area contributed by atoms with Crippen molar-refractivity contribution in [2.24, 2.45) is 0 Å². The summed E-state index contributed by atoms with van der Waals surface area (Å²) in [4.78, 5) is 20.5. The molecule has 0 unspecified atom stereocenters.